The Morgan fingerprint density at radius 1 is 0.844 bits per heavy atom. The van der Waals surface area contributed by atoms with Crippen LogP contribution in [-0.2, 0) is 30.9 Å². The first-order valence-corrected chi connectivity index (χ1v) is 20.0. The summed E-state index contributed by atoms with van der Waals surface area (Å²) < 4.78 is 51.1. The van der Waals surface area contributed by atoms with Crippen LogP contribution in [0.25, 0.3) is 0 Å². The molecule has 1 aliphatic rings. The molecule has 2 heterocycles. The van der Waals surface area contributed by atoms with Crippen LogP contribution in [0.4, 0.5) is 0 Å². The van der Waals surface area contributed by atoms with E-state index in [4.69, 9.17) is 14.2 Å². The number of nitrogens with zero attached hydrogens (tertiary/aromatic N) is 1. The van der Waals surface area contributed by atoms with Crippen molar-refractivity contribution >= 4 is 21.5 Å². The molecule has 0 bridgehead atoms. The number of hydrogen-bond acceptors (Lipinski definition) is 7. The van der Waals surface area contributed by atoms with Gasteiger partial charge in [-0.2, -0.15) is 4.57 Å². The van der Waals surface area contributed by atoms with Crippen molar-refractivity contribution < 1.29 is 31.7 Å². The fourth-order valence-corrected chi connectivity index (χ4v) is 6.51. The van der Waals surface area contributed by atoms with Crippen molar-refractivity contribution in [3.8, 4) is 0 Å². The van der Waals surface area contributed by atoms with Gasteiger partial charge in [0.25, 0.3) is 0 Å². The molecule has 0 unspecified atom stereocenters. The van der Waals surface area contributed by atoms with Crippen molar-refractivity contribution in [3.63, 3.8) is 0 Å². The SMILES string of the molecule is CCCCCCCCCCCCCCC[C@@H]1OC[C@@H](COCCCCCCC[n+]2ccsc2)O1.Cc1ccc(S(=O)(=O)[O-])cc1. The molecular formula is C36H61NO6S2. The zero-order valence-electron chi connectivity index (χ0n) is 28.2. The second-order valence-electron chi connectivity index (χ2n) is 12.4. The first-order valence-electron chi connectivity index (χ1n) is 17.7. The maximum Gasteiger partial charge on any atom is 0.224 e. The molecule has 7 nitrogen and oxygen atoms in total. The van der Waals surface area contributed by atoms with E-state index in [-0.39, 0.29) is 17.3 Å². The molecule has 258 valence electrons. The highest BCUT2D eigenvalue weighted by molar-refractivity contribution is 7.85. The van der Waals surface area contributed by atoms with Crippen LogP contribution in [0.3, 0.4) is 0 Å². The monoisotopic (exact) mass is 667 g/mol. The quantitative estimate of drug-likeness (QED) is 0.0596. The van der Waals surface area contributed by atoms with Crippen molar-refractivity contribution in [2.75, 3.05) is 19.8 Å². The van der Waals surface area contributed by atoms with E-state index in [9.17, 15) is 13.0 Å². The van der Waals surface area contributed by atoms with Crippen LogP contribution >= 0.6 is 11.3 Å². The van der Waals surface area contributed by atoms with E-state index in [1.54, 1.807) is 23.5 Å². The standard InChI is InChI=1S/C29H54NO3S.C7H8O3S/c1-2-3-4-5-6-7-8-9-10-11-12-14-17-20-29-32-26-28(33-29)25-31-23-19-16-13-15-18-21-30-22-24-34-27-30;1-6-2-4-7(5-3-6)11(8,9)10/h22,24,27-29H,2-21,23,25-26H2,1H3;2-5H,1H3,(H,8,9,10)/q+1;/p-1/t28-,29-;/m1./s1. The molecule has 0 aliphatic carbocycles. The second-order valence-corrected chi connectivity index (χ2v) is 14.6. The Bertz CT molecular complexity index is 1050. The minimum absolute atomic E-state index is 0.00223. The fourth-order valence-electron chi connectivity index (χ4n) is 5.41. The zero-order valence-corrected chi connectivity index (χ0v) is 29.8. The second kappa shape index (κ2) is 25.7. The molecule has 3 rings (SSSR count). The topological polar surface area (TPSA) is 88.8 Å². The van der Waals surface area contributed by atoms with Crippen molar-refractivity contribution in [1.82, 2.24) is 0 Å². The Balaban J connectivity index is 0.000000537. The summed E-state index contributed by atoms with van der Waals surface area (Å²) in [6, 6.07) is 5.78. The molecule has 0 N–H and O–H groups in total. The predicted octanol–water partition coefficient (Wildman–Crippen LogP) is 9.12. The van der Waals surface area contributed by atoms with Crippen LogP contribution in [-0.4, -0.2) is 45.2 Å². The van der Waals surface area contributed by atoms with Crippen molar-refractivity contribution in [2.24, 2.45) is 0 Å². The van der Waals surface area contributed by atoms with Crippen LogP contribution in [0.5, 0.6) is 0 Å². The molecule has 2 atom stereocenters. The normalized spacial score (nSPS) is 16.5. The van der Waals surface area contributed by atoms with Crippen LogP contribution in [0, 0.1) is 6.92 Å². The number of hydrogen-bond donors (Lipinski definition) is 0. The largest absolute Gasteiger partial charge is 0.744 e. The summed E-state index contributed by atoms with van der Waals surface area (Å²) in [6.45, 7) is 7.50. The molecule has 1 fully saturated rings. The highest BCUT2D eigenvalue weighted by Crippen LogP contribution is 2.19. The molecule has 1 aromatic heterocycles. The first kappa shape index (κ1) is 39.8. The Hall–Kier alpha value is -1.36. The molecule has 0 radical (unpaired) electrons. The number of aromatic nitrogens is 1. The molecule has 1 saturated heterocycles. The summed E-state index contributed by atoms with van der Waals surface area (Å²) in [4.78, 5) is -0.178. The summed E-state index contributed by atoms with van der Waals surface area (Å²) in [5.74, 6) is 0. The van der Waals surface area contributed by atoms with Crippen molar-refractivity contribution in [2.45, 2.75) is 160 Å². The third kappa shape index (κ3) is 21.2. The Morgan fingerprint density at radius 2 is 1.42 bits per heavy atom. The van der Waals surface area contributed by atoms with Gasteiger partial charge in [0.15, 0.2) is 12.5 Å². The summed E-state index contributed by atoms with van der Waals surface area (Å²) in [6.07, 6.45) is 27.8. The lowest BCUT2D eigenvalue weighted by molar-refractivity contribution is -0.692. The average molecular weight is 668 g/mol. The van der Waals surface area contributed by atoms with Gasteiger partial charge in [-0.15, -0.1) is 0 Å². The van der Waals surface area contributed by atoms with E-state index < -0.39 is 10.1 Å². The smallest absolute Gasteiger partial charge is 0.224 e. The number of ether oxygens (including phenoxy) is 3. The van der Waals surface area contributed by atoms with Gasteiger partial charge in [0.2, 0.25) is 5.51 Å². The minimum Gasteiger partial charge on any atom is -0.744 e. The van der Waals surface area contributed by atoms with Gasteiger partial charge in [0.1, 0.15) is 22.8 Å². The van der Waals surface area contributed by atoms with E-state index in [0.717, 1.165) is 31.6 Å². The third-order valence-electron chi connectivity index (χ3n) is 8.20. The third-order valence-corrected chi connectivity index (χ3v) is 9.72. The van der Waals surface area contributed by atoms with Gasteiger partial charge in [-0.25, -0.2) is 8.42 Å². The van der Waals surface area contributed by atoms with Gasteiger partial charge in [0, 0.05) is 13.0 Å². The van der Waals surface area contributed by atoms with E-state index in [0.29, 0.717) is 13.2 Å². The highest BCUT2D eigenvalue weighted by Gasteiger charge is 2.25. The number of aryl methyl sites for hydroxylation is 2. The van der Waals surface area contributed by atoms with Crippen LogP contribution in [0.2, 0.25) is 0 Å². The fraction of sp³-hybridized carbons (Fsp3) is 0.750. The lowest BCUT2D eigenvalue weighted by atomic mass is 10.0. The summed E-state index contributed by atoms with van der Waals surface area (Å²) in [5.41, 5.74) is 3.12. The van der Waals surface area contributed by atoms with Gasteiger partial charge >= 0.3 is 0 Å². The molecule has 1 aliphatic heterocycles. The van der Waals surface area contributed by atoms with E-state index in [1.165, 1.54) is 121 Å². The highest BCUT2D eigenvalue weighted by atomic mass is 32.2. The predicted molar refractivity (Wildman–Crippen MR) is 182 cm³/mol. The molecule has 45 heavy (non-hydrogen) atoms. The first-order chi connectivity index (χ1) is 21.9. The molecule has 0 amide bonds. The average Bonchev–Trinajstić information content (AvgIpc) is 3.71. The van der Waals surface area contributed by atoms with E-state index in [2.05, 4.69) is 28.6 Å². The molecule has 9 heteroatoms. The molecule has 0 spiro atoms. The lowest BCUT2D eigenvalue weighted by Crippen LogP contribution is -2.29. The maximum absolute atomic E-state index is 10.4. The van der Waals surface area contributed by atoms with Crippen LogP contribution < -0.4 is 4.57 Å². The van der Waals surface area contributed by atoms with Crippen molar-refractivity contribution in [1.29, 1.82) is 0 Å². The van der Waals surface area contributed by atoms with Crippen molar-refractivity contribution in [3.05, 3.63) is 46.9 Å². The number of benzene rings is 1. The zero-order chi connectivity index (χ0) is 32.4. The number of thiazole rings is 1. The Morgan fingerprint density at radius 3 is 2.00 bits per heavy atom. The summed E-state index contributed by atoms with van der Waals surface area (Å²) in [7, 11) is -4.27. The molecule has 0 saturated carbocycles. The van der Waals surface area contributed by atoms with Gasteiger partial charge in [0.05, 0.1) is 23.5 Å². The maximum atomic E-state index is 10.4. The Labute approximate surface area is 278 Å². The van der Waals surface area contributed by atoms with Gasteiger partial charge in [-0.3, -0.25) is 0 Å². The Kier molecular flexibility index (Phi) is 22.7. The number of unbranched alkanes of at least 4 members (excludes halogenated alkanes) is 16. The summed E-state index contributed by atoms with van der Waals surface area (Å²) >= 11 is 1.77. The van der Waals surface area contributed by atoms with E-state index >= 15 is 0 Å². The van der Waals surface area contributed by atoms with Crippen LogP contribution in [0.1, 0.15) is 134 Å². The molecule has 1 aromatic carbocycles. The van der Waals surface area contributed by atoms with E-state index in [1.807, 2.05) is 6.92 Å². The van der Waals surface area contributed by atoms with Gasteiger partial charge < -0.3 is 18.8 Å². The van der Waals surface area contributed by atoms with Crippen LogP contribution in [0.15, 0.2) is 46.2 Å². The van der Waals surface area contributed by atoms with Gasteiger partial charge in [-0.1, -0.05) is 126 Å². The van der Waals surface area contributed by atoms with Gasteiger partial charge in [-0.05, 0) is 44.7 Å². The number of rotatable bonds is 25. The molecular weight excluding hydrogens is 607 g/mol. The lowest BCUT2D eigenvalue weighted by Gasteiger charge is -2.12. The summed E-state index contributed by atoms with van der Waals surface area (Å²) in [5, 5.41) is 2.14. The minimum atomic E-state index is -4.27. The molecule has 2 aromatic rings.